The summed E-state index contributed by atoms with van der Waals surface area (Å²) in [5.74, 6) is -1.61. The number of aromatic carboxylic acids is 1. The molecule has 7 nitrogen and oxygen atoms in total. The number of nitrogens with zero attached hydrogens (tertiary/aromatic N) is 2. The summed E-state index contributed by atoms with van der Waals surface area (Å²) in [6, 6.07) is 2.81. The van der Waals surface area contributed by atoms with Gasteiger partial charge in [0.15, 0.2) is 0 Å². The summed E-state index contributed by atoms with van der Waals surface area (Å²) in [6.07, 6.45) is 3.35. The highest BCUT2D eigenvalue weighted by atomic mass is 19.1. The molecule has 2 aromatic rings. The van der Waals surface area contributed by atoms with Gasteiger partial charge in [0.2, 0.25) is 0 Å². The predicted octanol–water partition coefficient (Wildman–Crippen LogP) is 1.58. The SMILES string of the molecule is Cn1ccnc1CNC(=O)Nc1ccc(C(=O)O)c(F)c1. The molecular formula is C13H13FN4O3. The van der Waals surface area contributed by atoms with Gasteiger partial charge in [0.05, 0.1) is 12.1 Å². The van der Waals surface area contributed by atoms with Crippen LogP contribution in [0.1, 0.15) is 16.2 Å². The lowest BCUT2D eigenvalue weighted by molar-refractivity contribution is 0.0692. The van der Waals surface area contributed by atoms with Crippen LogP contribution < -0.4 is 10.6 Å². The number of carboxylic acids is 1. The van der Waals surface area contributed by atoms with Gasteiger partial charge < -0.3 is 20.3 Å². The molecule has 0 saturated carbocycles. The monoisotopic (exact) mass is 292 g/mol. The first kappa shape index (κ1) is 14.5. The summed E-state index contributed by atoms with van der Waals surface area (Å²) in [5.41, 5.74) is -0.288. The maximum absolute atomic E-state index is 13.4. The van der Waals surface area contributed by atoms with Crippen molar-refractivity contribution in [2.45, 2.75) is 6.54 Å². The third kappa shape index (κ3) is 3.56. The normalized spacial score (nSPS) is 10.2. The van der Waals surface area contributed by atoms with E-state index in [4.69, 9.17) is 5.11 Å². The van der Waals surface area contributed by atoms with Gasteiger partial charge in [0, 0.05) is 25.1 Å². The van der Waals surface area contributed by atoms with Crippen LogP contribution in [0.15, 0.2) is 30.6 Å². The van der Waals surface area contributed by atoms with Crippen molar-refractivity contribution >= 4 is 17.7 Å². The van der Waals surface area contributed by atoms with Crippen LogP contribution in [-0.4, -0.2) is 26.7 Å². The quantitative estimate of drug-likeness (QED) is 0.797. The van der Waals surface area contributed by atoms with Crippen molar-refractivity contribution in [3.63, 3.8) is 0 Å². The Kier molecular flexibility index (Phi) is 4.17. The molecule has 21 heavy (non-hydrogen) atoms. The highest BCUT2D eigenvalue weighted by Gasteiger charge is 2.11. The van der Waals surface area contributed by atoms with Gasteiger partial charge in [-0.25, -0.2) is 19.0 Å². The largest absolute Gasteiger partial charge is 0.478 e. The van der Waals surface area contributed by atoms with E-state index < -0.39 is 23.4 Å². The number of aromatic nitrogens is 2. The number of hydrogen-bond acceptors (Lipinski definition) is 3. The number of carboxylic acid groups (broad SMARTS) is 1. The number of imidazole rings is 1. The molecule has 0 unspecified atom stereocenters. The number of carbonyl (C=O) groups is 2. The molecule has 1 heterocycles. The number of halogens is 1. The molecule has 0 aliphatic carbocycles. The van der Waals surface area contributed by atoms with E-state index >= 15 is 0 Å². The molecule has 1 aromatic carbocycles. The number of aryl methyl sites for hydroxylation is 1. The van der Waals surface area contributed by atoms with Crippen LogP contribution >= 0.6 is 0 Å². The molecule has 3 N–H and O–H groups in total. The lowest BCUT2D eigenvalue weighted by atomic mass is 10.2. The fraction of sp³-hybridized carbons (Fsp3) is 0.154. The first-order chi connectivity index (χ1) is 9.97. The third-order valence-electron chi connectivity index (χ3n) is 2.79. The number of rotatable bonds is 4. The number of anilines is 1. The first-order valence-electron chi connectivity index (χ1n) is 6.01. The van der Waals surface area contributed by atoms with Gasteiger partial charge >= 0.3 is 12.0 Å². The van der Waals surface area contributed by atoms with E-state index in [9.17, 15) is 14.0 Å². The number of carbonyl (C=O) groups excluding carboxylic acids is 1. The predicted molar refractivity (Wildman–Crippen MR) is 72.4 cm³/mol. The molecule has 0 fully saturated rings. The summed E-state index contributed by atoms with van der Waals surface area (Å²) >= 11 is 0. The Morgan fingerprint density at radius 2 is 2.19 bits per heavy atom. The van der Waals surface area contributed by atoms with Gasteiger partial charge in [-0.2, -0.15) is 0 Å². The molecule has 0 atom stereocenters. The van der Waals surface area contributed by atoms with Crippen molar-refractivity contribution in [3.05, 3.63) is 47.8 Å². The molecule has 1 aromatic heterocycles. The lowest BCUT2D eigenvalue weighted by Gasteiger charge is -2.08. The maximum Gasteiger partial charge on any atom is 0.338 e. The molecule has 0 aliphatic rings. The smallest absolute Gasteiger partial charge is 0.338 e. The number of urea groups is 1. The molecule has 0 spiro atoms. The summed E-state index contributed by atoms with van der Waals surface area (Å²) in [5, 5.41) is 13.7. The second kappa shape index (κ2) is 6.04. The van der Waals surface area contributed by atoms with Crippen molar-refractivity contribution in [1.82, 2.24) is 14.9 Å². The molecule has 2 rings (SSSR count). The van der Waals surface area contributed by atoms with Crippen molar-refractivity contribution in [2.24, 2.45) is 7.05 Å². The van der Waals surface area contributed by atoms with Gasteiger partial charge in [-0.15, -0.1) is 0 Å². The Hall–Kier alpha value is -2.90. The second-order valence-corrected chi connectivity index (χ2v) is 4.26. The van der Waals surface area contributed by atoms with E-state index in [1.807, 2.05) is 0 Å². The topological polar surface area (TPSA) is 96.3 Å². The summed E-state index contributed by atoms with van der Waals surface area (Å²) in [7, 11) is 1.79. The Morgan fingerprint density at radius 3 is 2.76 bits per heavy atom. The second-order valence-electron chi connectivity index (χ2n) is 4.26. The molecule has 0 radical (unpaired) electrons. The maximum atomic E-state index is 13.4. The minimum absolute atomic E-state index is 0.162. The Morgan fingerprint density at radius 1 is 1.43 bits per heavy atom. The van der Waals surface area contributed by atoms with E-state index in [1.54, 1.807) is 24.0 Å². The average molecular weight is 292 g/mol. The van der Waals surface area contributed by atoms with E-state index in [0.29, 0.717) is 5.82 Å². The Labute approximate surface area is 119 Å². The summed E-state index contributed by atoms with van der Waals surface area (Å²) < 4.78 is 15.2. The molecular weight excluding hydrogens is 279 g/mol. The molecule has 2 amide bonds. The van der Waals surface area contributed by atoms with Gasteiger partial charge in [-0.05, 0) is 18.2 Å². The van der Waals surface area contributed by atoms with Crippen LogP contribution in [0.5, 0.6) is 0 Å². The lowest BCUT2D eigenvalue weighted by Crippen LogP contribution is -2.29. The van der Waals surface area contributed by atoms with Crippen LogP contribution in [0.25, 0.3) is 0 Å². The molecule has 0 saturated heterocycles. The van der Waals surface area contributed by atoms with Gasteiger partial charge in [-0.3, -0.25) is 0 Å². The fourth-order valence-electron chi connectivity index (χ4n) is 1.67. The van der Waals surface area contributed by atoms with Crippen LogP contribution in [-0.2, 0) is 13.6 Å². The van der Waals surface area contributed by atoms with Crippen LogP contribution in [0, 0.1) is 5.82 Å². The zero-order valence-electron chi connectivity index (χ0n) is 11.1. The highest BCUT2D eigenvalue weighted by Crippen LogP contribution is 2.14. The standard InChI is InChI=1S/C13H13FN4O3/c1-18-5-4-15-11(18)7-16-13(21)17-8-2-3-9(12(19)20)10(14)6-8/h2-6H,7H2,1H3,(H,19,20)(H2,16,17,21). The minimum Gasteiger partial charge on any atom is -0.478 e. The van der Waals surface area contributed by atoms with Crippen molar-refractivity contribution in [1.29, 1.82) is 0 Å². The van der Waals surface area contributed by atoms with Gasteiger partial charge in [0.1, 0.15) is 11.6 Å². The summed E-state index contributed by atoms with van der Waals surface area (Å²) in [6.45, 7) is 0.213. The number of nitrogens with one attached hydrogen (secondary N) is 2. The Bertz CT molecular complexity index is 684. The van der Waals surface area contributed by atoms with Crippen molar-refractivity contribution in [2.75, 3.05) is 5.32 Å². The number of hydrogen-bond donors (Lipinski definition) is 3. The van der Waals surface area contributed by atoms with Crippen LogP contribution in [0.4, 0.5) is 14.9 Å². The van der Waals surface area contributed by atoms with Gasteiger partial charge in [-0.1, -0.05) is 0 Å². The van der Waals surface area contributed by atoms with E-state index in [-0.39, 0.29) is 12.2 Å². The van der Waals surface area contributed by atoms with E-state index in [1.165, 1.54) is 6.07 Å². The van der Waals surface area contributed by atoms with E-state index in [2.05, 4.69) is 15.6 Å². The van der Waals surface area contributed by atoms with Crippen molar-refractivity contribution in [3.8, 4) is 0 Å². The number of benzene rings is 1. The highest BCUT2D eigenvalue weighted by molar-refractivity contribution is 5.91. The zero-order chi connectivity index (χ0) is 15.4. The average Bonchev–Trinajstić information content (AvgIpc) is 2.81. The van der Waals surface area contributed by atoms with Crippen LogP contribution in [0.2, 0.25) is 0 Å². The first-order valence-corrected chi connectivity index (χ1v) is 6.01. The van der Waals surface area contributed by atoms with E-state index in [0.717, 1.165) is 12.1 Å². The fourth-order valence-corrected chi connectivity index (χ4v) is 1.67. The number of amides is 2. The van der Waals surface area contributed by atoms with Gasteiger partial charge in [0.25, 0.3) is 0 Å². The minimum atomic E-state index is -1.36. The third-order valence-corrected chi connectivity index (χ3v) is 2.79. The Balaban J connectivity index is 1.95. The molecule has 8 heteroatoms. The summed E-state index contributed by atoms with van der Waals surface area (Å²) in [4.78, 5) is 26.4. The zero-order valence-corrected chi connectivity index (χ0v) is 11.1. The molecule has 0 bridgehead atoms. The molecule has 0 aliphatic heterocycles. The van der Waals surface area contributed by atoms with Crippen molar-refractivity contribution < 1.29 is 19.1 Å². The molecule has 110 valence electrons. The van der Waals surface area contributed by atoms with Crippen LogP contribution in [0.3, 0.4) is 0 Å².